The molecule has 1 saturated heterocycles. The van der Waals surface area contributed by atoms with E-state index in [9.17, 15) is 14.4 Å². The lowest BCUT2D eigenvalue weighted by Crippen LogP contribution is -2.46. The number of rotatable bonds is 16. The van der Waals surface area contributed by atoms with Gasteiger partial charge in [0.1, 0.15) is 5.78 Å². The minimum Gasteiger partial charge on any atom is -0.376 e. The summed E-state index contributed by atoms with van der Waals surface area (Å²) in [5, 5.41) is 0. The largest absolute Gasteiger partial charge is 0.376 e. The van der Waals surface area contributed by atoms with E-state index in [1.807, 2.05) is 55.5 Å². The van der Waals surface area contributed by atoms with E-state index in [1.54, 1.807) is 13.8 Å². The Kier molecular flexibility index (Phi) is 14.0. The zero-order valence-electron chi connectivity index (χ0n) is 29.2. The molecule has 0 radical (unpaired) electrons. The Morgan fingerprint density at radius 3 is 2.28 bits per heavy atom. The van der Waals surface area contributed by atoms with Crippen molar-refractivity contribution in [2.24, 2.45) is 40.7 Å². The maximum atomic E-state index is 14.2. The lowest BCUT2D eigenvalue weighted by atomic mass is 9.74. The first kappa shape index (κ1) is 37.4. The van der Waals surface area contributed by atoms with Gasteiger partial charge in [0.15, 0.2) is 5.78 Å². The highest BCUT2D eigenvalue weighted by Crippen LogP contribution is 2.37. The molecule has 1 amide bonds. The smallest absolute Gasteiger partial charge is 0.227 e. The van der Waals surface area contributed by atoms with Crippen LogP contribution in [0.15, 0.2) is 78.9 Å². The molecule has 6 heteroatoms. The number of Topliss-reactive ketones (excluding diaryl/α,β-unsaturated/α-hetero) is 2. The highest BCUT2D eigenvalue weighted by molar-refractivity contribution is 5.92. The first-order chi connectivity index (χ1) is 21.7. The van der Waals surface area contributed by atoms with Crippen molar-refractivity contribution in [2.45, 2.75) is 92.2 Å². The second-order valence-electron chi connectivity index (χ2n) is 15.0. The van der Waals surface area contributed by atoms with Crippen LogP contribution >= 0.6 is 0 Å². The Morgan fingerprint density at radius 2 is 1.72 bits per heavy atom. The third-order valence-electron chi connectivity index (χ3n) is 9.76. The fourth-order valence-corrected chi connectivity index (χ4v) is 6.58. The van der Waals surface area contributed by atoms with Gasteiger partial charge >= 0.3 is 0 Å². The summed E-state index contributed by atoms with van der Waals surface area (Å²) in [5.41, 5.74) is 7.35. The monoisotopic (exact) mass is 630 g/mol. The van der Waals surface area contributed by atoms with Crippen molar-refractivity contribution in [2.75, 3.05) is 19.7 Å². The van der Waals surface area contributed by atoms with Gasteiger partial charge in [-0.1, -0.05) is 93.1 Å². The van der Waals surface area contributed by atoms with E-state index in [-0.39, 0.29) is 60.1 Å². The van der Waals surface area contributed by atoms with Gasteiger partial charge in [-0.05, 0) is 69.3 Å². The quantitative estimate of drug-likeness (QED) is 0.190. The van der Waals surface area contributed by atoms with Crippen LogP contribution in [0.1, 0.15) is 85.6 Å². The van der Waals surface area contributed by atoms with E-state index in [0.29, 0.717) is 18.9 Å². The normalized spacial score (nSPS) is 19.8. The fourth-order valence-electron chi connectivity index (χ4n) is 6.58. The topological polar surface area (TPSA) is 89.7 Å². The Balaban J connectivity index is 1.70. The SMILES string of the molecule is C=CC(/C=C(\C)CCC(=O)C(COCc1ccccc1)CC(=O)C(C)(C)N)C(C(=O)N1CCC(C(C)(C)C)CC1)C1C=CC=CC1. The summed E-state index contributed by atoms with van der Waals surface area (Å²) in [6.45, 7) is 18.5. The summed E-state index contributed by atoms with van der Waals surface area (Å²) >= 11 is 0. The molecule has 252 valence electrons. The Morgan fingerprint density at radius 1 is 1.04 bits per heavy atom. The third kappa shape index (κ3) is 11.3. The molecule has 4 unspecified atom stereocenters. The molecule has 0 spiro atoms. The maximum Gasteiger partial charge on any atom is 0.227 e. The molecule has 2 N–H and O–H groups in total. The maximum absolute atomic E-state index is 14.2. The molecule has 1 aliphatic heterocycles. The molecule has 3 rings (SSSR count). The third-order valence-corrected chi connectivity index (χ3v) is 9.76. The minimum atomic E-state index is -1.02. The zero-order valence-corrected chi connectivity index (χ0v) is 29.2. The van der Waals surface area contributed by atoms with Gasteiger partial charge in [0.05, 0.1) is 24.7 Å². The van der Waals surface area contributed by atoms with Crippen molar-refractivity contribution < 1.29 is 19.1 Å². The fraction of sp³-hybridized carbons (Fsp3) is 0.575. The van der Waals surface area contributed by atoms with Crippen LogP contribution in [-0.4, -0.2) is 47.6 Å². The number of amides is 1. The van der Waals surface area contributed by atoms with Gasteiger partial charge in [0, 0.05) is 37.8 Å². The number of ketones is 2. The lowest BCUT2D eigenvalue weighted by Gasteiger charge is -2.41. The number of hydrogen-bond donors (Lipinski definition) is 1. The lowest BCUT2D eigenvalue weighted by molar-refractivity contribution is -0.139. The van der Waals surface area contributed by atoms with Crippen LogP contribution < -0.4 is 5.73 Å². The van der Waals surface area contributed by atoms with Crippen LogP contribution in [-0.2, 0) is 25.7 Å². The number of piperidine rings is 1. The zero-order chi connectivity index (χ0) is 33.9. The summed E-state index contributed by atoms with van der Waals surface area (Å²) in [6, 6.07) is 9.78. The van der Waals surface area contributed by atoms with Gasteiger partial charge in [-0.3, -0.25) is 14.4 Å². The van der Waals surface area contributed by atoms with E-state index < -0.39 is 11.5 Å². The second kappa shape index (κ2) is 17.2. The van der Waals surface area contributed by atoms with E-state index in [4.69, 9.17) is 10.5 Å². The van der Waals surface area contributed by atoms with Gasteiger partial charge in [-0.25, -0.2) is 0 Å². The number of carbonyl (C=O) groups excluding carboxylic acids is 3. The summed E-state index contributed by atoms with van der Waals surface area (Å²) in [6.07, 6.45) is 16.1. The first-order valence-corrected chi connectivity index (χ1v) is 17.1. The number of ether oxygens (including phenoxy) is 1. The van der Waals surface area contributed by atoms with Gasteiger partial charge in [0.25, 0.3) is 0 Å². The number of allylic oxidation sites excluding steroid dienone is 7. The standard InChI is InChI=1S/C40H58N2O4/c1-8-31(37(32-17-13-10-14-18-32)38(45)42-23-21-34(22-24-42)39(3,4)5)25-29(2)19-20-35(43)33(26-36(44)40(6,7)41)28-46-27-30-15-11-9-12-16-30/h8-17,25,31-34,37H,1,18-24,26-28,41H2,2-7H3/b29-25+. The van der Waals surface area contributed by atoms with Crippen molar-refractivity contribution in [3.05, 3.63) is 84.5 Å². The number of benzene rings is 1. The molecule has 1 heterocycles. The molecule has 46 heavy (non-hydrogen) atoms. The summed E-state index contributed by atoms with van der Waals surface area (Å²) in [4.78, 5) is 42.5. The van der Waals surface area contributed by atoms with Crippen LogP contribution in [0.2, 0.25) is 0 Å². The molecule has 0 bridgehead atoms. The average Bonchev–Trinajstić information content (AvgIpc) is 3.02. The number of likely N-dealkylation sites (tertiary alicyclic amines) is 1. The molecule has 4 atom stereocenters. The van der Waals surface area contributed by atoms with Gasteiger partial charge < -0.3 is 15.4 Å². The highest BCUT2D eigenvalue weighted by Gasteiger charge is 2.38. The van der Waals surface area contributed by atoms with Crippen molar-refractivity contribution in [3.63, 3.8) is 0 Å². The van der Waals surface area contributed by atoms with Crippen molar-refractivity contribution >= 4 is 17.5 Å². The summed E-state index contributed by atoms with van der Waals surface area (Å²) in [5.74, 6) is -0.247. The summed E-state index contributed by atoms with van der Waals surface area (Å²) < 4.78 is 5.92. The van der Waals surface area contributed by atoms with Gasteiger partial charge in [-0.2, -0.15) is 0 Å². The molecule has 1 aromatic carbocycles. The molecule has 1 fully saturated rings. The van der Waals surface area contributed by atoms with E-state index in [0.717, 1.165) is 43.5 Å². The Labute approximate surface area is 278 Å². The number of nitrogens with zero attached hydrogens (tertiary/aromatic N) is 1. The van der Waals surface area contributed by atoms with Crippen molar-refractivity contribution in [1.29, 1.82) is 0 Å². The van der Waals surface area contributed by atoms with Crippen LogP contribution in [0.4, 0.5) is 0 Å². The van der Waals surface area contributed by atoms with Crippen LogP contribution in [0.25, 0.3) is 0 Å². The Bertz CT molecular complexity index is 1260. The van der Waals surface area contributed by atoms with Gasteiger partial charge in [0.2, 0.25) is 5.91 Å². The predicted molar refractivity (Wildman–Crippen MR) is 188 cm³/mol. The second-order valence-corrected chi connectivity index (χ2v) is 15.0. The summed E-state index contributed by atoms with van der Waals surface area (Å²) in [7, 11) is 0. The van der Waals surface area contributed by atoms with Crippen LogP contribution in [0.3, 0.4) is 0 Å². The molecule has 1 aliphatic carbocycles. The molecule has 2 aliphatic rings. The molecular formula is C40H58N2O4. The van der Waals surface area contributed by atoms with Crippen molar-refractivity contribution in [3.8, 4) is 0 Å². The highest BCUT2D eigenvalue weighted by atomic mass is 16.5. The number of carbonyl (C=O) groups is 3. The van der Waals surface area contributed by atoms with E-state index in [1.165, 1.54) is 0 Å². The predicted octanol–water partition coefficient (Wildman–Crippen LogP) is 7.65. The molecule has 0 aromatic heterocycles. The van der Waals surface area contributed by atoms with E-state index >= 15 is 0 Å². The van der Waals surface area contributed by atoms with Gasteiger partial charge in [-0.15, -0.1) is 6.58 Å². The molecule has 0 saturated carbocycles. The molecular weight excluding hydrogens is 572 g/mol. The Hall–Kier alpha value is -3.09. The minimum absolute atomic E-state index is 0.0109. The number of nitrogens with two attached hydrogens (primary N) is 1. The number of hydrogen-bond acceptors (Lipinski definition) is 5. The van der Waals surface area contributed by atoms with E-state index in [2.05, 4.69) is 50.5 Å². The van der Waals surface area contributed by atoms with Crippen LogP contribution in [0, 0.1) is 35.0 Å². The molecule has 6 nitrogen and oxygen atoms in total. The van der Waals surface area contributed by atoms with Crippen molar-refractivity contribution in [1.82, 2.24) is 4.90 Å². The average molecular weight is 631 g/mol. The first-order valence-electron chi connectivity index (χ1n) is 17.1. The molecule has 1 aromatic rings. The van der Waals surface area contributed by atoms with Crippen LogP contribution in [0.5, 0.6) is 0 Å².